The molecule has 0 saturated carbocycles. The lowest BCUT2D eigenvalue weighted by atomic mass is 10.1. The van der Waals surface area contributed by atoms with Crippen LogP contribution in [0.15, 0.2) is 18.2 Å². The first-order chi connectivity index (χ1) is 7.04. The molecular weight excluding hydrogens is 192 g/mol. The van der Waals surface area contributed by atoms with Gasteiger partial charge < -0.3 is 9.47 Å². The zero-order chi connectivity index (χ0) is 11.4. The van der Waals surface area contributed by atoms with Gasteiger partial charge >= 0.3 is 5.97 Å². The Morgan fingerprint density at radius 3 is 2.47 bits per heavy atom. The molecule has 0 fully saturated rings. The van der Waals surface area contributed by atoms with Gasteiger partial charge in [-0.2, -0.15) is 0 Å². The van der Waals surface area contributed by atoms with Crippen LogP contribution in [0, 0.1) is 6.92 Å². The lowest BCUT2D eigenvalue weighted by molar-refractivity contribution is 0.0600. The van der Waals surface area contributed by atoms with Gasteiger partial charge in [0.25, 0.3) is 0 Å². The number of benzene rings is 1. The summed E-state index contributed by atoms with van der Waals surface area (Å²) in [5.41, 5.74) is 1.44. The normalized spacial score (nSPS) is 10.2. The van der Waals surface area contributed by atoms with Crippen LogP contribution in [0.3, 0.4) is 0 Å². The SMILES string of the molecule is COC(=O)c1ccc(OC(C)C)cc1C. The molecule has 0 N–H and O–H groups in total. The van der Waals surface area contributed by atoms with Gasteiger partial charge in [0.15, 0.2) is 0 Å². The average molecular weight is 208 g/mol. The highest BCUT2D eigenvalue weighted by atomic mass is 16.5. The Hall–Kier alpha value is -1.51. The van der Waals surface area contributed by atoms with E-state index in [1.807, 2.05) is 26.8 Å². The third-order valence-electron chi connectivity index (χ3n) is 1.97. The lowest BCUT2D eigenvalue weighted by Gasteiger charge is -2.11. The first-order valence-electron chi connectivity index (χ1n) is 4.90. The maximum Gasteiger partial charge on any atom is 0.338 e. The summed E-state index contributed by atoms with van der Waals surface area (Å²) in [6, 6.07) is 5.34. The predicted molar refractivity (Wildman–Crippen MR) is 58.3 cm³/mol. The summed E-state index contributed by atoms with van der Waals surface area (Å²) >= 11 is 0. The fraction of sp³-hybridized carbons (Fsp3) is 0.417. The van der Waals surface area contributed by atoms with E-state index in [2.05, 4.69) is 4.74 Å². The van der Waals surface area contributed by atoms with E-state index in [4.69, 9.17) is 4.74 Å². The quantitative estimate of drug-likeness (QED) is 0.716. The van der Waals surface area contributed by atoms with Crippen molar-refractivity contribution in [1.82, 2.24) is 0 Å². The Morgan fingerprint density at radius 2 is 2.00 bits per heavy atom. The van der Waals surface area contributed by atoms with Crippen LogP contribution in [0.25, 0.3) is 0 Å². The molecule has 0 atom stereocenters. The summed E-state index contributed by atoms with van der Waals surface area (Å²) in [4.78, 5) is 11.3. The topological polar surface area (TPSA) is 35.5 Å². The van der Waals surface area contributed by atoms with E-state index in [1.54, 1.807) is 12.1 Å². The molecule has 0 radical (unpaired) electrons. The molecule has 0 bridgehead atoms. The van der Waals surface area contributed by atoms with Crippen molar-refractivity contribution in [1.29, 1.82) is 0 Å². The summed E-state index contributed by atoms with van der Waals surface area (Å²) in [6.07, 6.45) is 0.133. The summed E-state index contributed by atoms with van der Waals surface area (Å²) in [5, 5.41) is 0. The maximum absolute atomic E-state index is 11.3. The van der Waals surface area contributed by atoms with Crippen LogP contribution >= 0.6 is 0 Å². The average Bonchev–Trinajstić information content (AvgIpc) is 2.16. The van der Waals surface area contributed by atoms with Crippen LogP contribution in [0.1, 0.15) is 29.8 Å². The summed E-state index contributed by atoms with van der Waals surface area (Å²) in [6.45, 7) is 5.78. The Kier molecular flexibility index (Phi) is 3.72. The molecule has 1 rings (SSSR count). The second-order valence-corrected chi connectivity index (χ2v) is 3.63. The zero-order valence-electron chi connectivity index (χ0n) is 9.53. The van der Waals surface area contributed by atoms with Crippen molar-refractivity contribution in [3.8, 4) is 5.75 Å². The Balaban J connectivity index is 2.93. The molecule has 0 aromatic heterocycles. The molecule has 0 spiro atoms. The Morgan fingerprint density at radius 1 is 1.33 bits per heavy atom. The number of ether oxygens (including phenoxy) is 2. The summed E-state index contributed by atoms with van der Waals surface area (Å²) in [5.74, 6) is 0.457. The minimum atomic E-state index is -0.316. The molecule has 3 nitrogen and oxygen atoms in total. The number of carbonyl (C=O) groups excluding carboxylic acids is 1. The van der Waals surface area contributed by atoms with E-state index in [9.17, 15) is 4.79 Å². The number of rotatable bonds is 3. The Bertz CT molecular complexity index is 356. The van der Waals surface area contributed by atoms with Gasteiger partial charge in [0.1, 0.15) is 5.75 Å². The zero-order valence-corrected chi connectivity index (χ0v) is 9.53. The number of aryl methyl sites for hydroxylation is 1. The van der Waals surface area contributed by atoms with Gasteiger partial charge in [-0.1, -0.05) is 0 Å². The van der Waals surface area contributed by atoms with Gasteiger partial charge in [0.2, 0.25) is 0 Å². The summed E-state index contributed by atoms with van der Waals surface area (Å²) < 4.78 is 10.2. The predicted octanol–water partition coefficient (Wildman–Crippen LogP) is 2.57. The molecule has 0 aliphatic carbocycles. The van der Waals surface area contributed by atoms with Crippen LogP contribution in [0.4, 0.5) is 0 Å². The first kappa shape index (κ1) is 11.6. The fourth-order valence-electron chi connectivity index (χ4n) is 1.32. The number of hydrogen-bond donors (Lipinski definition) is 0. The van der Waals surface area contributed by atoms with Gasteiger partial charge in [-0.25, -0.2) is 4.79 Å². The summed E-state index contributed by atoms with van der Waals surface area (Å²) in [7, 11) is 1.38. The monoisotopic (exact) mass is 208 g/mol. The van der Waals surface area contributed by atoms with Crippen molar-refractivity contribution in [3.63, 3.8) is 0 Å². The molecule has 0 aliphatic rings. The van der Waals surface area contributed by atoms with Gasteiger partial charge in [-0.15, -0.1) is 0 Å². The standard InChI is InChI=1S/C12H16O3/c1-8(2)15-10-5-6-11(9(3)7-10)12(13)14-4/h5-8H,1-4H3. The number of hydrogen-bond acceptors (Lipinski definition) is 3. The molecule has 82 valence electrons. The number of carbonyl (C=O) groups is 1. The van der Waals surface area contributed by atoms with E-state index in [0.717, 1.165) is 11.3 Å². The smallest absolute Gasteiger partial charge is 0.338 e. The van der Waals surface area contributed by atoms with E-state index in [0.29, 0.717) is 5.56 Å². The van der Waals surface area contributed by atoms with Gasteiger partial charge in [-0.05, 0) is 44.5 Å². The maximum atomic E-state index is 11.3. The second-order valence-electron chi connectivity index (χ2n) is 3.63. The van der Waals surface area contributed by atoms with E-state index < -0.39 is 0 Å². The van der Waals surface area contributed by atoms with E-state index in [-0.39, 0.29) is 12.1 Å². The molecule has 1 aromatic carbocycles. The van der Waals surface area contributed by atoms with E-state index >= 15 is 0 Å². The highest BCUT2D eigenvalue weighted by molar-refractivity contribution is 5.91. The number of methoxy groups -OCH3 is 1. The highest BCUT2D eigenvalue weighted by Gasteiger charge is 2.09. The molecule has 0 aliphatic heterocycles. The van der Waals surface area contributed by atoms with Crippen LogP contribution < -0.4 is 4.74 Å². The fourth-order valence-corrected chi connectivity index (χ4v) is 1.32. The van der Waals surface area contributed by atoms with E-state index in [1.165, 1.54) is 7.11 Å². The molecule has 0 heterocycles. The second kappa shape index (κ2) is 4.82. The lowest BCUT2D eigenvalue weighted by Crippen LogP contribution is -2.07. The molecule has 3 heteroatoms. The highest BCUT2D eigenvalue weighted by Crippen LogP contribution is 2.18. The van der Waals surface area contributed by atoms with Crippen LogP contribution in [0.5, 0.6) is 5.75 Å². The largest absolute Gasteiger partial charge is 0.491 e. The number of esters is 1. The molecule has 0 amide bonds. The molecule has 1 aromatic rings. The Labute approximate surface area is 90.0 Å². The third-order valence-corrected chi connectivity index (χ3v) is 1.97. The minimum Gasteiger partial charge on any atom is -0.491 e. The van der Waals surface area contributed by atoms with Gasteiger partial charge in [0, 0.05) is 0 Å². The van der Waals surface area contributed by atoms with Crippen molar-refractivity contribution in [3.05, 3.63) is 29.3 Å². The molecule has 0 unspecified atom stereocenters. The molecule has 15 heavy (non-hydrogen) atoms. The van der Waals surface area contributed by atoms with Crippen molar-refractivity contribution in [2.24, 2.45) is 0 Å². The minimum absolute atomic E-state index is 0.133. The van der Waals surface area contributed by atoms with Crippen LogP contribution in [-0.2, 0) is 4.74 Å². The molecule has 0 saturated heterocycles. The first-order valence-corrected chi connectivity index (χ1v) is 4.90. The van der Waals surface area contributed by atoms with Gasteiger partial charge in [-0.3, -0.25) is 0 Å². The van der Waals surface area contributed by atoms with Gasteiger partial charge in [0.05, 0.1) is 18.8 Å². The van der Waals surface area contributed by atoms with Crippen LogP contribution in [-0.4, -0.2) is 19.2 Å². The van der Waals surface area contributed by atoms with Crippen molar-refractivity contribution in [2.75, 3.05) is 7.11 Å². The van der Waals surface area contributed by atoms with Crippen LogP contribution in [0.2, 0.25) is 0 Å². The third kappa shape index (κ3) is 2.98. The van der Waals surface area contributed by atoms with Crippen molar-refractivity contribution >= 4 is 5.97 Å². The van der Waals surface area contributed by atoms with Crippen molar-refractivity contribution in [2.45, 2.75) is 26.9 Å². The molecular formula is C12H16O3. The van der Waals surface area contributed by atoms with Crippen molar-refractivity contribution < 1.29 is 14.3 Å².